The van der Waals surface area contributed by atoms with Crippen molar-refractivity contribution in [3.8, 4) is 5.75 Å². The molecule has 62 heavy (non-hydrogen) atoms. The van der Waals surface area contributed by atoms with Crippen molar-refractivity contribution in [1.82, 2.24) is 16.0 Å². The van der Waals surface area contributed by atoms with E-state index < -0.39 is 76.5 Å². The number of alkyl halides is 6. The number of halogens is 6. The number of esters is 1. The average molecular weight is 995 g/mol. The van der Waals surface area contributed by atoms with Crippen molar-refractivity contribution in [1.29, 1.82) is 0 Å². The maximum Gasteiger partial charge on any atom is 0.530 e. The number of hydrogen-bond acceptors (Lipinski definition) is 10. The van der Waals surface area contributed by atoms with Crippen LogP contribution in [0.2, 0.25) is 0 Å². The number of hydrogen-bond donors (Lipinski definition) is 3. The van der Waals surface area contributed by atoms with Crippen LogP contribution in [-0.2, 0) is 63.5 Å². The molecule has 334 valence electrons. The molecule has 0 aliphatic rings. The van der Waals surface area contributed by atoms with Crippen molar-refractivity contribution >= 4 is 101 Å². The number of phosphoric ester groups is 1. The molecule has 4 aromatic rings. The fourth-order valence-electron chi connectivity index (χ4n) is 5.49. The van der Waals surface area contributed by atoms with E-state index in [2.05, 4.69) is 16.0 Å². The molecule has 0 radical (unpaired) electrons. The Morgan fingerprint density at radius 2 is 1.00 bits per heavy atom. The molecular weight excluding hydrogens is 950 g/mol. The van der Waals surface area contributed by atoms with E-state index in [1.807, 2.05) is 18.2 Å². The molecule has 3 N–H and O–H groups in total. The second kappa shape index (κ2) is 24.4. The van der Waals surface area contributed by atoms with Gasteiger partial charge in [0.15, 0.2) is 0 Å². The molecule has 0 aromatic heterocycles. The third-order valence-electron chi connectivity index (χ3n) is 8.53. The highest BCUT2D eigenvalue weighted by Gasteiger charge is 2.37. The summed E-state index contributed by atoms with van der Waals surface area (Å²) in [6.07, 6.45) is -0.933. The van der Waals surface area contributed by atoms with Gasteiger partial charge in [-0.25, -0.2) is 14.2 Å². The van der Waals surface area contributed by atoms with Crippen LogP contribution in [0.1, 0.15) is 36.1 Å². The van der Waals surface area contributed by atoms with Gasteiger partial charge in [0, 0.05) is 12.8 Å². The first-order chi connectivity index (χ1) is 29.3. The molecule has 20 heteroatoms. The Bertz CT molecular complexity index is 2070. The normalized spacial score (nSPS) is 13.3. The molecular formula is C42H44Cl6N3O10P. The highest BCUT2D eigenvalue weighted by molar-refractivity contribution is 7.49. The van der Waals surface area contributed by atoms with Gasteiger partial charge in [-0.15, -0.1) is 0 Å². The molecule has 3 atom stereocenters. The highest BCUT2D eigenvalue weighted by Crippen LogP contribution is 2.52. The van der Waals surface area contributed by atoms with Gasteiger partial charge in [0.05, 0.1) is 0 Å². The van der Waals surface area contributed by atoms with Gasteiger partial charge in [-0.1, -0.05) is 187 Å². The number of carbonyl (C=O) groups is 4. The first-order valence-corrected chi connectivity index (χ1v) is 22.6. The van der Waals surface area contributed by atoms with Gasteiger partial charge in [-0.2, -0.15) is 0 Å². The first kappa shape index (κ1) is 50.9. The van der Waals surface area contributed by atoms with Crippen LogP contribution in [0, 0.1) is 5.92 Å². The van der Waals surface area contributed by atoms with Gasteiger partial charge < -0.3 is 29.9 Å². The summed E-state index contributed by atoms with van der Waals surface area (Å²) in [5, 5.41) is 8.10. The molecule has 0 fully saturated rings. The fourth-order valence-corrected chi connectivity index (χ4v) is 7.54. The fraction of sp³-hybridized carbons (Fsp3) is 0.333. The quantitative estimate of drug-likeness (QED) is 0.0416. The summed E-state index contributed by atoms with van der Waals surface area (Å²) in [5.41, 5.74) is 2.67. The number of nitrogens with one attached hydrogen (secondary N) is 3. The molecule has 0 heterocycles. The van der Waals surface area contributed by atoms with Crippen LogP contribution >= 0.6 is 77.4 Å². The predicted octanol–water partition coefficient (Wildman–Crippen LogP) is 9.40. The number of amides is 3. The van der Waals surface area contributed by atoms with Gasteiger partial charge in [0.2, 0.25) is 19.4 Å². The van der Waals surface area contributed by atoms with Crippen LogP contribution < -0.4 is 20.5 Å². The summed E-state index contributed by atoms with van der Waals surface area (Å²) in [4.78, 5) is 54.7. The zero-order valence-corrected chi connectivity index (χ0v) is 38.7. The third-order valence-corrected chi connectivity index (χ3v) is 10.5. The summed E-state index contributed by atoms with van der Waals surface area (Å²) in [6, 6.07) is 29.1. The minimum Gasteiger partial charge on any atom is -0.459 e. The van der Waals surface area contributed by atoms with Crippen molar-refractivity contribution in [3.05, 3.63) is 138 Å². The molecule has 4 aromatic carbocycles. The average Bonchev–Trinajstić information content (AvgIpc) is 3.23. The van der Waals surface area contributed by atoms with E-state index in [0.717, 1.165) is 16.7 Å². The Morgan fingerprint density at radius 1 is 0.565 bits per heavy atom. The molecule has 13 nitrogen and oxygen atoms in total. The Labute approximate surface area is 389 Å². The molecule has 4 rings (SSSR count). The summed E-state index contributed by atoms with van der Waals surface area (Å²) >= 11 is 34.6. The summed E-state index contributed by atoms with van der Waals surface area (Å²) in [6.45, 7) is 1.90. The van der Waals surface area contributed by atoms with Crippen LogP contribution in [-0.4, -0.2) is 62.8 Å². The van der Waals surface area contributed by atoms with Gasteiger partial charge in [0.1, 0.15) is 50.3 Å². The Morgan fingerprint density at radius 3 is 1.48 bits per heavy atom. The minimum atomic E-state index is -4.56. The van der Waals surface area contributed by atoms with Crippen molar-refractivity contribution in [2.24, 2.45) is 5.92 Å². The van der Waals surface area contributed by atoms with Crippen LogP contribution in [0.4, 0.5) is 4.79 Å². The number of ether oxygens (including phenoxy) is 2. The van der Waals surface area contributed by atoms with E-state index in [9.17, 15) is 23.7 Å². The Hall–Kier alpha value is -3.75. The van der Waals surface area contributed by atoms with Crippen LogP contribution in [0.5, 0.6) is 5.75 Å². The smallest absolute Gasteiger partial charge is 0.459 e. The van der Waals surface area contributed by atoms with E-state index in [1.165, 1.54) is 24.3 Å². The Balaban J connectivity index is 1.58. The van der Waals surface area contributed by atoms with Crippen molar-refractivity contribution in [2.75, 3.05) is 13.2 Å². The maximum atomic E-state index is 14.3. The topological polar surface area (TPSA) is 168 Å². The number of benzene rings is 4. The number of phosphoric acid groups is 1. The van der Waals surface area contributed by atoms with Gasteiger partial charge in [-0.3, -0.25) is 18.6 Å². The van der Waals surface area contributed by atoms with Crippen LogP contribution in [0.25, 0.3) is 0 Å². The number of rotatable bonds is 21. The number of alkyl carbamates (subject to hydrolysis) is 1. The molecule has 0 aliphatic carbocycles. The van der Waals surface area contributed by atoms with Crippen LogP contribution in [0.3, 0.4) is 0 Å². The molecule has 0 spiro atoms. The summed E-state index contributed by atoms with van der Waals surface area (Å²) in [5.74, 6) is -2.67. The monoisotopic (exact) mass is 991 g/mol. The maximum absolute atomic E-state index is 14.3. The van der Waals surface area contributed by atoms with E-state index in [4.69, 9.17) is 92.7 Å². The lowest BCUT2D eigenvalue weighted by Crippen LogP contribution is -2.58. The molecule has 0 bridgehead atoms. The van der Waals surface area contributed by atoms with E-state index in [-0.39, 0.29) is 31.8 Å². The van der Waals surface area contributed by atoms with Gasteiger partial charge in [0.25, 0.3) is 0 Å². The van der Waals surface area contributed by atoms with Gasteiger partial charge >= 0.3 is 19.9 Å². The Kier molecular flexibility index (Phi) is 20.0. The van der Waals surface area contributed by atoms with Crippen molar-refractivity contribution < 1.29 is 46.8 Å². The first-order valence-electron chi connectivity index (χ1n) is 18.9. The zero-order valence-electron chi connectivity index (χ0n) is 33.3. The lowest BCUT2D eigenvalue weighted by atomic mass is 10.00. The highest BCUT2D eigenvalue weighted by atomic mass is 35.6. The summed E-state index contributed by atoms with van der Waals surface area (Å²) < 4.78 is 36.3. The zero-order chi connectivity index (χ0) is 45.3. The second-order valence-corrected chi connectivity index (χ2v) is 20.6. The largest absolute Gasteiger partial charge is 0.530 e. The molecule has 3 amide bonds. The third kappa shape index (κ3) is 18.9. The van der Waals surface area contributed by atoms with Gasteiger partial charge in [-0.05, 0) is 40.3 Å². The van der Waals surface area contributed by atoms with E-state index in [1.54, 1.807) is 86.6 Å². The summed E-state index contributed by atoms with van der Waals surface area (Å²) in [7, 11) is -4.56. The van der Waals surface area contributed by atoms with E-state index in [0.29, 0.717) is 5.56 Å². The lowest BCUT2D eigenvalue weighted by molar-refractivity contribution is -0.149. The second-order valence-electron chi connectivity index (χ2n) is 14.0. The SMILES string of the molecule is CC(C)[C@H](NC(=O)OCc1ccccc1)C(=O)N[C@@H](Cc1ccc(OP(=O)(OCC(Cl)(Cl)Cl)OCC(Cl)(Cl)Cl)cc1)C(=O)N[C@@H](Cc1ccccc1)C(=O)OCc1ccccc1. The standard InChI is InChI=1S/C42H44Cl6N3O10P/c1-28(2)36(51-40(55)58-25-32-16-10-5-11-17-32)38(53)49-34(22-30-18-20-33(21-19-30)61-62(56,59-26-41(43,44)45)60-27-42(46,47)48)37(52)50-35(23-29-12-6-3-7-13-29)39(54)57-24-31-14-8-4-9-15-31/h3-21,28,34-36H,22-27H2,1-2H3,(H,49,53)(H,50,52)(H,51,55)/t34-,35-,36-/m0/s1. The number of carbonyl (C=O) groups excluding carboxylic acids is 4. The molecule has 0 aliphatic heterocycles. The lowest BCUT2D eigenvalue weighted by Gasteiger charge is -2.26. The van der Waals surface area contributed by atoms with Crippen LogP contribution in [0.15, 0.2) is 115 Å². The van der Waals surface area contributed by atoms with Crippen molar-refractivity contribution in [2.45, 2.75) is 65.6 Å². The van der Waals surface area contributed by atoms with Crippen molar-refractivity contribution in [3.63, 3.8) is 0 Å². The predicted molar refractivity (Wildman–Crippen MR) is 239 cm³/mol. The minimum absolute atomic E-state index is 0.0411. The molecule has 0 saturated carbocycles. The van der Waals surface area contributed by atoms with E-state index >= 15 is 0 Å². The molecule has 0 saturated heterocycles. The molecule has 0 unspecified atom stereocenters.